The van der Waals surface area contributed by atoms with Crippen molar-refractivity contribution in [2.24, 2.45) is 0 Å². The summed E-state index contributed by atoms with van der Waals surface area (Å²) in [4.78, 5) is 0. The van der Waals surface area contributed by atoms with Gasteiger partial charge in [-0.3, -0.25) is 0 Å². The smallest absolute Gasteiger partial charge is 0.127 e. The Kier molecular flexibility index (Phi) is 2.99. The predicted molar refractivity (Wildman–Crippen MR) is 48.4 cm³/mol. The molecule has 1 unspecified atom stereocenters. The molecule has 0 heterocycles. The van der Waals surface area contributed by atoms with Gasteiger partial charge in [-0.25, -0.2) is 0 Å². The van der Waals surface area contributed by atoms with Crippen LogP contribution in [-0.4, -0.2) is 0 Å². The van der Waals surface area contributed by atoms with Crippen LogP contribution in [0.3, 0.4) is 0 Å². The summed E-state index contributed by atoms with van der Waals surface area (Å²) in [5.41, 5.74) is 0.878. The van der Waals surface area contributed by atoms with Crippen LogP contribution in [0.25, 0.3) is 0 Å². The number of halogens is 1. The molecular formula is C9H10ClN. The molecule has 1 rings (SSSR count). The third-order valence-electron chi connectivity index (χ3n) is 1.36. The fraction of sp³-hybridized carbons (Fsp3) is 0.111. The Bertz CT molecular complexity index is 220. The molecule has 2 heteroatoms. The van der Waals surface area contributed by atoms with E-state index in [1.807, 2.05) is 30.3 Å². The van der Waals surface area contributed by atoms with Gasteiger partial charge in [0.2, 0.25) is 0 Å². The first-order valence-corrected chi connectivity index (χ1v) is 3.84. The van der Waals surface area contributed by atoms with Gasteiger partial charge >= 0.3 is 0 Å². The van der Waals surface area contributed by atoms with E-state index in [9.17, 15) is 0 Å². The third kappa shape index (κ3) is 2.28. The summed E-state index contributed by atoms with van der Waals surface area (Å²) in [5.74, 6) is 0. The van der Waals surface area contributed by atoms with Crippen LogP contribution in [0.15, 0.2) is 43.1 Å². The first kappa shape index (κ1) is 8.15. The zero-order valence-electron chi connectivity index (χ0n) is 6.13. The lowest BCUT2D eigenvalue weighted by molar-refractivity contribution is 0.834. The summed E-state index contributed by atoms with van der Waals surface area (Å²) in [5, 5.41) is 2.89. The molecule has 11 heavy (non-hydrogen) atoms. The molecule has 0 aliphatic carbocycles. The fourth-order valence-electron chi connectivity index (χ4n) is 0.822. The van der Waals surface area contributed by atoms with Gasteiger partial charge in [-0.05, 0) is 11.8 Å². The number of nitrogens with one attached hydrogen (secondary N) is 1. The molecule has 0 saturated heterocycles. The van der Waals surface area contributed by atoms with Crippen molar-refractivity contribution in [3.63, 3.8) is 0 Å². The monoisotopic (exact) mass is 167 g/mol. The van der Waals surface area contributed by atoms with Gasteiger partial charge in [-0.15, -0.1) is 0 Å². The molecule has 1 aromatic rings. The fourth-order valence-corrected chi connectivity index (χ4v) is 1.06. The summed E-state index contributed by atoms with van der Waals surface area (Å²) < 4.78 is 0. The summed E-state index contributed by atoms with van der Waals surface area (Å²) in [7, 11) is 0. The van der Waals surface area contributed by atoms with Gasteiger partial charge in [-0.2, -0.15) is 0 Å². The van der Waals surface area contributed by atoms with E-state index in [1.165, 1.54) is 0 Å². The van der Waals surface area contributed by atoms with E-state index >= 15 is 0 Å². The van der Waals surface area contributed by atoms with Crippen molar-refractivity contribution in [2.45, 2.75) is 5.50 Å². The Hall–Kier alpha value is -0.950. The second-order valence-electron chi connectivity index (χ2n) is 2.14. The lowest BCUT2D eigenvalue weighted by Crippen LogP contribution is -2.07. The van der Waals surface area contributed by atoms with Gasteiger partial charge in [0.05, 0.1) is 0 Å². The van der Waals surface area contributed by atoms with E-state index in [0.717, 1.165) is 5.56 Å². The molecule has 58 valence electrons. The molecule has 0 spiro atoms. The largest absolute Gasteiger partial charge is 0.372 e. The molecule has 0 aliphatic rings. The average Bonchev–Trinajstić information content (AvgIpc) is 2.07. The number of hydrogen-bond donors (Lipinski definition) is 1. The zero-order valence-corrected chi connectivity index (χ0v) is 6.88. The molecule has 0 aromatic heterocycles. The summed E-state index contributed by atoms with van der Waals surface area (Å²) in [6.07, 6.45) is 1.59. The number of rotatable bonds is 3. The molecule has 1 N–H and O–H groups in total. The van der Waals surface area contributed by atoms with Crippen LogP contribution in [-0.2, 0) is 0 Å². The van der Waals surface area contributed by atoms with Gasteiger partial charge in [0.25, 0.3) is 0 Å². The minimum absolute atomic E-state index is 0.173. The van der Waals surface area contributed by atoms with Crippen LogP contribution in [0, 0.1) is 0 Å². The molecule has 0 radical (unpaired) electrons. The first-order valence-electron chi connectivity index (χ1n) is 3.40. The van der Waals surface area contributed by atoms with Crippen molar-refractivity contribution >= 4 is 11.6 Å². The van der Waals surface area contributed by atoms with Gasteiger partial charge in [0.15, 0.2) is 0 Å². The number of alkyl halides is 1. The van der Waals surface area contributed by atoms with Crippen molar-refractivity contribution in [1.82, 2.24) is 5.32 Å². The Morgan fingerprint density at radius 3 is 2.55 bits per heavy atom. The molecular weight excluding hydrogens is 158 g/mol. The normalized spacial score (nSPS) is 12.1. The van der Waals surface area contributed by atoms with Gasteiger partial charge in [-0.1, -0.05) is 48.5 Å². The van der Waals surface area contributed by atoms with Gasteiger partial charge in [0, 0.05) is 0 Å². The van der Waals surface area contributed by atoms with E-state index in [1.54, 1.807) is 6.20 Å². The maximum absolute atomic E-state index is 5.92. The zero-order chi connectivity index (χ0) is 8.10. The topological polar surface area (TPSA) is 12.0 Å². The summed E-state index contributed by atoms with van der Waals surface area (Å²) >= 11 is 5.92. The van der Waals surface area contributed by atoms with Crippen LogP contribution in [0.1, 0.15) is 11.1 Å². The number of hydrogen-bond acceptors (Lipinski definition) is 1. The highest BCUT2D eigenvalue weighted by Crippen LogP contribution is 2.15. The van der Waals surface area contributed by atoms with E-state index in [0.29, 0.717) is 0 Å². The van der Waals surface area contributed by atoms with Crippen molar-refractivity contribution in [1.29, 1.82) is 0 Å². The first-order chi connectivity index (χ1) is 5.34. The maximum atomic E-state index is 5.92. The van der Waals surface area contributed by atoms with Crippen LogP contribution in [0.2, 0.25) is 0 Å². The quantitative estimate of drug-likeness (QED) is 0.539. The van der Waals surface area contributed by atoms with Crippen molar-refractivity contribution in [3.8, 4) is 0 Å². The second kappa shape index (κ2) is 4.04. The molecule has 0 saturated carbocycles. The average molecular weight is 168 g/mol. The molecule has 0 bridgehead atoms. The van der Waals surface area contributed by atoms with E-state index in [4.69, 9.17) is 11.6 Å². The Morgan fingerprint density at radius 1 is 1.36 bits per heavy atom. The lowest BCUT2D eigenvalue weighted by atomic mass is 10.2. The Balaban J connectivity index is 2.68. The highest BCUT2D eigenvalue weighted by atomic mass is 35.5. The predicted octanol–water partition coefficient (Wildman–Crippen LogP) is 2.66. The maximum Gasteiger partial charge on any atom is 0.127 e. The van der Waals surface area contributed by atoms with Crippen LogP contribution >= 0.6 is 11.6 Å². The van der Waals surface area contributed by atoms with Crippen molar-refractivity contribution in [2.75, 3.05) is 0 Å². The third-order valence-corrected chi connectivity index (χ3v) is 1.73. The highest BCUT2D eigenvalue weighted by molar-refractivity contribution is 6.20. The summed E-state index contributed by atoms with van der Waals surface area (Å²) in [6, 6.07) is 9.80. The van der Waals surface area contributed by atoms with Crippen molar-refractivity contribution in [3.05, 3.63) is 48.7 Å². The lowest BCUT2D eigenvalue weighted by Gasteiger charge is -2.08. The van der Waals surface area contributed by atoms with E-state index in [-0.39, 0.29) is 5.50 Å². The SMILES string of the molecule is C=CNC(Cl)c1ccccc1. The van der Waals surface area contributed by atoms with Crippen LogP contribution in [0.5, 0.6) is 0 Å². The number of benzene rings is 1. The van der Waals surface area contributed by atoms with Crippen LogP contribution in [0.4, 0.5) is 0 Å². The van der Waals surface area contributed by atoms with Crippen molar-refractivity contribution < 1.29 is 0 Å². The Morgan fingerprint density at radius 2 is 2.00 bits per heavy atom. The Labute approximate surface area is 71.7 Å². The van der Waals surface area contributed by atoms with Crippen LogP contribution < -0.4 is 5.32 Å². The minimum Gasteiger partial charge on any atom is -0.372 e. The van der Waals surface area contributed by atoms with E-state index in [2.05, 4.69) is 11.9 Å². The van der Waals surface area contributed by atoms with E-state index < -0.39 is 0 Å². The standard InChI is InChI=1S/C9H10ClN/c1-2-11-9(10)8-6-4-3-5-7-8/h2-7,9,11H,1H2. The van der Waals surface area contributed by atoms with Gasteiger partial charge in [0.1, 0.15) is 5.50 Å². The molecule has 0 amide bonds. The molecule has 1 atom stereocenters. The minimum atomic E-state index is -0.173. The molecule has 1 aromatic carbocycles. The second-order valence-corrected chi connectivity index (χ2v) is 2.58. The molecule has 1 nitrogen and oxygen atoms in total. The van der Waals surface area contributed by atoms with Gasteiger partial charge < -0.3 is 5.32 Å². The summed E-state index contributed by atoms with van der Waals surface area (Å²) in [6.45, 7) is 3.53. The molecule has 0 aliphatic heterocycles. The molecule has 0 fully saturated rings. The highest BCUT2D eigenvalue weighted by Gasteiger charge is 2.01.